The van der Waals surface area contributed by atoms with Gasteiger partial charge < -0.3 is 20.1 Å². The fraction of sp³-hybridized carbons (Fsp3) is 0.370. The van der Waals surface area contributed by atoms with Crippen molar-refractivity contribution in [2.24, 2.45) is 5.92 Å². The third-order valence-corrected chi connectivity index (χ3v) is 7.91. The molecule has 0 amide bonds. The second-order valence-corrected chi connectivity index (χ2v) is 10.4. The fourth-order valence-corrected chi connectivity index (χ4v) is 6.13. The molecule has 0 spiro atoms. The predicted octanol–water partition coefficient (Wildman–Crippen LogP) is 5.79. The first-order valence-corrected chi connectivity index (χ1v) is 13.4. The number of benzene rings is 1. The van der Waals surface area contributed by atoms with Crippen molar-refractivity contribution in [1.29, 1.82) is 0 Å². The van der Waals surface area contributed by atoms with Crippen molar-refractivity contribution < 1.29 is 9.47 Å². The van der Waals surface area contributed by atoms with Crippen LogP contribution >= 0.6 is 22.9 Å². The Morgan fingerprint density at radius 2 is 2.08 bits per heavy atom. The van der Waals surface area contributed by atoms with Crippen molar-refractivity contribution in [3.63, 3.8) is 0 Å². The maximum atomic E-state index is 6.53. The number of thiophene rings is 1. The molecule has 3 aromatic heterocycles. The highest BCUT2D eigenvalue weighted by Crippen LogP contribution is 2.41. The minimum atomic E-state index is 0.366. The van der Waals surface area contributed by atoms with E-state index < -0.39 is 0 Å². The van der Waals surface area contributed by atoms with Gasteiger partial charge in [-0.3, -0.25) is 4.98 Å². The molecule has 1 aliphatic rings. The van der Waals surface area contributed by atoms with E-state index in [1.165, 1.54) is 23.3 Å². The van der Waals surface area contributed by atoms with Crippen LogP contribution < -0.4 is 15.4 Å². The normalized spacial score (nSPS) is 15.1. The molecule has 1 atom stereocenters. The van der Waals surface area contributed by atoms with Crippen LogP contribution in [0.1, 0.15) is 29.0 Å². The number of ether oxygens (including phenoxy) is 2. The molecule has 7 nitrogen and oxygen atoms in total. The number of pyridine rings is 1. The van der Waals surface area contributed by atoms with Gasteiger partial charge in [0.15, 0.2) is 0 Å². The van der Waals surface area contributed by atoms with Crippen molar-refractivity contribution in [2.45, 2.75) is 32.3 Å². The van der Waals surface area contributed by atoms with Gasteiger partial charge in [-0.25, -0.2) is 9.97 Å². The van der Waals surface area contributed by atoms with Gasteiger partial charge in [-0.1, -0.05) is 17.7 Å². The molecule has 1 aliphatic carbocycles. The summed E-state index contributed by atoms with van der Waals surface area (Å²) in [6.07, 6.45) is 7.92. The number of rotatable bonds is 11. The fourth-order valence-electron chi connectivity index (χ4n) is 4.59. The third-order valence-electron chi connectivity index (χ3n) is 6.46. The zero-order valence-electron chi connectivity index (χ0n) is 20.3. The molecule has 1 aromatic carbocycles. The van der Waals surface area contributed by atoms with Gasteiger partial charge in [0.25, 0.3) is 0 Å². The lowest BCUT2D eigenvalue weighted by Crippen LogP contribution is -2.24. The Morgan fingerprint density at radius 1 is 1.14 bits per heavy atom. The monoisotopic (exact) mass is 523 g/mol. The van der Waals surface area contributed by atoms with Crippen LogP contribution in [-0.2, 0) is 24.2 Å². The first kappa shape index (κ1) is 24.9. The Balaban J connectivity index is 1.27. The summed E-state index contributed by atoms with van der Waals surface area (Å²) in [5.41, 5.74) is 3.11. The van der Waals surface area contributed by atoms with Crippen LogP contribution in [0.25, 0.3) is 10.2 Å². The van der Waals surface area contributed by atoms with Crippen molar-refractivity contribution in [3.05, 3.63) is 70.1 Å². The first-order valence-electron chi connectivity index (χ1n) is 12.3. The lowest BCUT2D eigenvalue weighted by atomic mass is 9.86. The number of nitrogens with zero attached hydrogens (tertiary/aromatic N) is 3. The summed E-state index contributed by atoms with van der Waals surface area (Å²) in [6, 6.07) is 11.4. The van der Waals surface area contributed by atoms with Crippen LogP contribution in [0.3, 0.4) is 0 Å². The second-order valence-electron chi connectivity index (χ2n) is 8.93. The largest absolute Gasteiger partial charge is 0.486 e. The number of anilines is 2. The van der Waals surface area contributed by atoms with E-state index >= 15 is 0 Å². The van der Waals surface area contributed by atoms with E-state index in [0.29, 0.717) is 23.3 Å². The minimum Gasteiger partial charge on any atom is -0.486 e. The molecule has 3 heterocycles. The first-order chi connectivity index (χ1) is 17.7. The van der Waals surface area contributed by atoms with Crippen LogP contribution in [-0.4, -0.2) is 41.8 Å². The van der Waals surface area contributed by atoms with E-state index in [9.17, 15) is 0 Å². The summed E-state index contributed by atoms with van der Waals surface area (Å²) < 4.78 is 11.0. The molecular formula is C27H30ClN5O2S. The molecule has 0 aliphatic heterocycles. The van der Waals surface area contributed by atoms with E-state index in [1.54, 1.807) is 31.0 Å². The van der Waals surface area contributed by atoms with Gasteiger partial charge in [0, 0.05) is 30.4 Å². The van der Waals surface area contributed by atoms with Crippen LogP contribution in [0, 0.1) is 5.92 Å². The van der Waals surface area contributed by atoms with Crippen LogP contribution in [0.5, 0.6) is 5.75 Å². The Hall–Kier alpha value is -2.78. The van der Waals surface area contributed by atoms with Gasteiger partial charge in [-0.05, 0) is 74.0 Å². The molecule has 0 saturated heterocycles. The minimum absolute atomic E-state index is 0.366. The number of hydrogen-bond donors (Lipinski definition) is 2. The summed E-state index contributed by atoms with van der Waals surface area (Å²) in [7, 11) is 1.74. The predicted molar refractivity (Wildman–Crippen MR) is 146 cm³/mol. The summed E-state index contributed by atoms with van der Waals surface area (Å²) in [4.78, 5) is 15.9. The Morgan fingerprint density at radius 3 is 2.92 bits per heavy atom. The summed E-state index contributed by atoms with van der Waals surface area (Å²) >= 11 is 8.33. The smallest absolute Gasteiger partial charge is 0.142 e. The standard InChI is InChI=1S/C27H30ClN5O2S/c1-34-13-12-29-11-9-18-5-7-21-24(14-18)36-27-25(21)26(31-17-32-27)33-19-6-8-23(22(28)15-19)35-16-20-4-2-3-10-30-20/h2-4,6,8,10,15,17-18,29H,5,7,9,11-14,16H2,1H3,(H,31,32,33). The highest BCUT2D eigenvalue weighted by Gasteiger charge is 2.25. The Labute approximate surface area is 220 Å². The van der Waals surface area contributed by atoms with Gasteiger partial charge in [0.1, 0.15) is 29.3 Å². The zero-order chi connectivity index (χ0) is 24.7. The van der Waals surface area contributed by atoms with Crippen molar-refractivity contribution >= 4 is 44.7 Å². The Kier molecular flexibility index (Phi) is 8.28. The molecule has 188 valence electrons. The SMILES string of the molecule is COCCNCCC1CCc2c(sc3ncnc(Nc4ccc(OCc5ccccn5)c(Cl)c4)c23)C1. The van der Waals surface area contributed by atoms with Crippen molar-refractivity contribution in [1.82, 2.24) is 20.3 Å². The maximum absolute atomic E-state index is 6.53. The van der Waals surface area contributed by atoms with E-state index in [4.69, 9.17) is 21.1 Å². The molecule has 0 radical (unpaired) electrons. The molecule has 1 unspecified atom stereocenters. The molecule has 5 rings (SSSR count). The van der Waals surface area contributed by atoms with Gasteiger partial charge in [0.2, 0.25) is 0 Å². The second kappa shape index (κ2) is 12.0. The van der Waals surface area contributed by atoms with Gasteiger partial charge in [-0.15, -0.1) is 11.3 Å². The number of aromatic nitrogens is 3. The summed E-state index contributed by atoms with van der Waals surface area (Å²) in [6.45, 7) is 3.06. The van der Waals surface area contributed by atoms with E-state index in [-0.39, 0.29) is 0 Å². The number of methoxy groups -OCH3 is 1. The highest BCUT2D eigenvalue weighted by molar-refractivity contribution is 7.19. The molecule has 36 heavy (non-hydrogen) atoms. The number of hydrogen-bond acceptors (Lipinski definition) is 8. The van der Waals surface area contributed by atoms with Gasteiger partial charge in [-0.2, -0.15) is 0 Å². The molecule has 9 heteroatoms. The van der Waals surface area contributed by atoms with E-state index in [2.05, 4.69) is 25.6 Å². The summed E-state index contributed by atoms with van der Waals surface area (Å²) in [5.74, 6) is 2.15. The van der Waals surface area contributed by atoms with Gasteiger partial charge in [0.05, 0.1) is 22.7 Å². The van der Waals surface area contributed by atoms with E-state index in [0.717, 1.165) is 60.0 Å². The van der Waals surface area contributed by atoms with Crippen LogP contribution in [0.4, 0.5) is 11.5 Å². The zero-order valence-corrected chi connectivity index (χ0v) is 21.9. The van der Waals surface area contributed by atoms with Crippen molar-refractivity contribution in [2.75, 3.05) is 32.1 Å². The molecule has 0 saturated carbocycles. The van der Waals surface area contributed by atoms with Crippen molar-refractivity contribution in [3.8, 4) is 5.75 Å². The summed E-state index contributed by atoms with van der Waals surface area (Å²) in [5, 5.41) is 8.62. The van der Waals surface area contributed by atoms with Crippen LogP contribution in [0.2, 0.25) is 5.02 Å². The average Bonchev–Trinajstić information content (AvgIpc) is 3.27. The third kappa shape index (κ3) is 5.95. The topological polar surface area (TPSA) is 81.2 Å². The molecule has 4 aromatic rings. The molecule has 0 fully saturated rings. The van der Waals surface area contributed by atoms with Gasteiger partial charge >= 0.3 is 0 Å². The average molecular weight is 524 g/mol. The number of aryl methyl sites for hydroxylation is 1. The molecule has 0 bridgehead atoms. The maximum Gasteiger partial charge on any atom is 0.142 e. The lowest BCUT2D eigenvalue weighted by Gasteiger charge is -2.22. The Bertz CT molecular complexity index is 1300. The number of fused-ring (bicyclic) bond motifs is 3. The highest BCUT2D eigenvalue weighted by atomic mass is 35.5. The van der Waals surface area contributed by atoms with E-state index in [1.807, 2.05) is 36.4 Å². The molecule has 2 N–H and O–H groups in total. The number of nitrogens with one attached hydrogen (secondary N) is 2. The quantitative estimate of drug-likeness (QED) is 0.241. The number of halogens is 1. The lowest BCUT2D eigenvalue weighted by molar-refractivity contribution is 0.198. The molecular weight excluding hydrogens is 494 g/mol. The van der Waals surface area contributed by atoms with Crippen LogP contribution in [0.15, 0.2) is 48.9 Å².